The van der Waals surface area contributed by atoms with Gasteiger partial charge in [0.05, 0.1) is 17.2 Å². The van der Waals surface area contributed by atoms with Gasteiger partial charge in [0.2, 0.25) is 0 Å². The van der Waals surface area contributed by atoms with Crippen LogP contribution in [0.2, 0.25) is 0 Å². The van der Waals surface area contributed by atoms with E-state index in [1.807, 2.05) is 5.51 Å². The molecule has 2 nitrogen and oxygen atoms in total. The zero-order chi connectivity index (χ0) is 12.3. The van der Waals surface area contributed by atoms with Gasteiger partial charge in [-0.15, -0.1) is 11.3 Å². The van der Waals surface area contributed by atoms with Crippen LogP contribution in [0.5, 0.6) is 0 Å². The maximum Gasteiger partial charge on any atom is 0.0795 e. The Kier molecular flexibility index (Phi) is 3.79. The molecule has 3 heteroatoms. The second-order valence-corrected chi connectivity index (χ2v) is 5.27. The van der Waals surface area contributed by atoms with Gasteiger partial charge in [0, 0.05) is 11.1 Å². The lowest BCUT2D eigenvalue weighted by Crippen LogP contribution is -2.06. The Hall–Kier alpha value is -1.35. The number of anilines is 1. The molecular formula is C14H18N2S. The Bertz CT molecular complexity index is 446. The summed E-state index contributed by atoms with van der Waals surface area (Å²) in [6.45, 7) is 6.55. The summed E-state index contributed by atoms with van der Waals surface area (Å²) < 4.78 is 0. The largest absolute Gasteiger partial charge is 0.377 e. The Morgan fingerprint density at radius 3 is 2.35 bits per heavy atom. The van der Waals surface area contributed by atoms with Crippen LogP contribution in [0.15, 0.2) is 35.2 Å². The van der Waals surface area contributed by atoms with E-state index >= 15 is 0 Å². The molecule has 2 rings (SSSR count). The fourth-order valence-electron chi connectivity index (χ4n) is 1.72. The van der Waals surface area contributed by atoms with Gasteiger partial charge in [0.1, 0.15) is 0 Å². The van der Waals surface area contributed by atoms with Crippen LogP contribution in [0.3, 0.4) is 0 Å². The number of hydrogen-bond acceptors (Lipinski definition) is 3. The molecular weight excluding hydrogens is 228 g/mol. The fourth-order valence-corrected chi connectivity index (χ4v) is 2.37. The molecule has 0 aliphatic rings. The van der Waals surface area contributed by atoms with E-state index in [9.17, 15) is 0 Å². The first-order chi connectivity index (χ1) is 8.16. The lowest BCUT2D eigenvalue weighted by Gasteiger charge is -2.14. The van der Waals surface area contributed by atoms with Crippen LogP contribution in [-0.2, 0) is 0 Å². The number of rotatable bonds is 4. The topological polar surface area (TPSA) is 24.9 Å². The van der Waals surface area contributed by atoms with Crippen molar-refractivity contribution < 1.29 is 0 Å². The minimum atomic E-state index is 0.256. The molecule has 0 saturated heterocycles. The highest BCUT2D eigenvalue weighted by Crippen LogP contribution is 2.21. The summed E-state index contributed by atoms with van der Waals surface area (Å²) in [6, 6.07) is 8.89. The van der Waals surface area contributed by atoms with Gasteiger partial charge in [-0.05, 0) is 30.5 Å². The molecule has 90 valence electrons. The Morgan fingerprint density at radius 2 is 1.82 bits per heavy atom. The van der Waals surface area contributed by atoms with Gasteiger partial charge in [-0.25, -0.2) is 4.98 Å². The van der Waals surface area contributed by atoms with Crippen LogP contribution in [-0.4, -0.2) is 4.98 Å². The summed E-state index contributed by atoms with van der Waals surface area (Å²) in [5, 5.41) is 5.54. The number of nitrogens with one attached hydrogen (secondary N) is 1. The predicted molar refractivity (Wildman–Crippen MR) is 74.7 cm³/mol. The van der Waals surface area contributed by atoms with Gasteiger partial charge >= 0.3 is 0 Å². The van der Waals surface area contributed by atoms with E-state index in [1.165, 1.54) is 5.56 Å². The molecule has 1 aromatic heterocycles. The molecule has 0 saturated carbocycles. The summed E-state index contributed by atoms with van der Waals surface area (Å²) in [5.74, 6) is 0.583. The third kappa shape index (κ3) is 3.07. The minimum Gasteiger partial charge on any atom is -0.377 e. The monoisotopic (exact) mass is 246 g/mol. The number of thiazole rings is 1. The molecule has 1 heterocycles. The van der Waals surface area contributed by atoms with Crippen molar-refractivity contribution in [3.63, 3.8) is 0 Å². The predicted octanol–water partition coefficient (Wildman–Crippen LogP) is 4.44. The normalized spacial score (nSPS) is 12.7. The summed E-state index contributed by atoms with van der Waals surface area (Å²) in [7, 11) is 0. The second kappa shape index (κ2) is 5.32. The van der Waals surface area contributed by atoms with E-state index in [1.54, 1.807) is 11.3 Å². The lowest BCUT2D eigenvalue weighted by atomic mass is 10.0. The van der Waals surface area contributed by atoms with Crippen LogP contribution in [0.1, 0.15) is 44.0 Å². The summed E-state index contributed by atoms with van der Waals surface area (Å²) in [5.41, 5.74) is 5.49. The number of benzene rings is 1. The molecule has 1 unspecified atom stereocenters. The van der Waals surface area contributed by atoms with Crippen molar-refractivity contribution in [2.45, 2.75) is 32.7 Å². The van der Waals surface area contributed by atoms with Crippen LogP contribution in [0.25, 0.3) is 0 Å². The molecule has 0 spiro atoms. The highest BCUT2D eigenvalue weighted by molar-refractivity contribution is 7.07. The molecule has 1 aromatic carbocycles. The molecule has 1 atom stereocenters. The SMILES string of the molecule is CC(C)c1ccc(NC(C)c2cscn2)cc1. The highest BCUT2D eigenvalue weighted by Gasteiger charge is 2.07. The third-order valence-electron chi connectivity index (χ3n) is 2.86. The molecule has 0 radical (unpaired) electrons. The van der Waals surface area contributed by atoms with Crippen LogP contribution < -0.4 is 5.32 Å². The molecule has 0 bridgehead atoms. The van der Waals surface area contributed by atoms with Gasteiger partial charge in [0.25, 0.3) is 0 Å². The average molecular weight is 246 g/mol. The van der Waals surface area contributed by atoms with Gasteiger partial charge in [-0.1, -0.05) is 26.0 Å². The Labute approximate surface area is 107 Å². The van der Waals surface area contributed by atoms with Crippen molar-refractivity contribution in [1.29, 1.82) is 0 Å². The molecule has 17 heavy (non-hydrogen) atoms. The van der Waals surface area contributed by atoms with Crippen molar-refractivity contribution in [1.82, 2.24) is 4.98 Å². The van der Waals surface area contributed by atoms with Gasteiger partial charge in [0.15, 0.2) is 0 Å². The maximum atomic E-state index is 4.31. The second-order valence-electron chi connectivity index (χ2n) is 4.56. The van der Waals surface area contributed by atoms with E-state index in [4.69, 9.17) is 0 Å². The van der Waals surface area contributed by atoms with Crippen molar-refractivity contribution in [3.05, 3.63) is 46.4 Å². The molecule has 1 N–H and O–H groups in total. The van der Waals surface area contributed by atoms with Gasteiger partial charge in [-0.3, -0.25) is 0 Å². The fraction of sp³-hybridized carbons (Fsp3) is 0.357. The quantitative estimate of drug-likeness (QED) is 0.862. The maximum absolute atomic E-state index is 4.31. The standard InChI is InChI=1S/C14H18N2S/c1-10(2)12-4-6-13(7-5-12)16-11(3)14-8-17-9-15-14/h4-11,16H,1-3H3. The van der Waals surface area contributed by atoms with Crippen molar-refractivity contribution in [2.75, 3.05) is 5.32 Å². The van der Waals surface area contributed by atoms with Crippen molar-refractivity contribution in [3.8, 4) is 0 Å². The van der Waals surface area contributed by atoms with Crippen molar-refractivity contribution in [2.24, 2.45) is 0 Å². The summed E-state index contributed by atoms with van der Waals surface area (Å²) in [6.07, 6.45) is 0. The molecule has 0 aliphatic heterocycles. The summed E-state index contributed by atoms with van der Waals surface area (Å²) >= 11 is 1.63. The number of aromatic nitrogens is 1. The van der Waals surface area contributed by atoms with Crippen LogP contribution in [0.4, 0.5) is 5.69 Å². The van der Waals surface area contributed by atoms with Gasteiger partial charge < -0.3 is 5.32 Å². The Balaban J connectivity index is 2.04. The molecule has 2 aromatic rings. The Morgan fingerprint density at radius 1 is 1.12 bits per heavy atom. The molecule has 0 amide bonds. The van der Waals surface area contributed by atoms with E-state index in [-0.39, 0.29) is 6.04 Å². The van der Waals surface area contributed by atoms with Crippen LogP contribution >= 0.6 is 11.3 Å². The van der Waals surface area contributed by atoms with E-state index < -0.39 is 0 Å². The van der Waals surface area contributed by atoms with Crippen molar-refractivity contribution >= 4 is 17.0 Å². The smallest absolute Gasteiger partial charge is 0.0795 e. The third-order valence-corrected chi connectivity index (χ3v) is 3.46. The first kappa shape index (κ1) is 12.1. The first-order valence-electron chi connectivity index (χ1n) is 5.91. The number of hydrogen-bond donors (Lipinski definition) is 1. The lowest BCUT2D eigenvalue weighted by molar-refractivity contribution is 0.846. The van der Waals surface area contributed by atoms with E-state index in [2.05, 4.69) is 60.7 Å². The molecule has 0 fully saturated rings. The average Bonchev–Trinajstić information content (AvgIpc) is 2.83. The van der Waals surface area contributed by atoms with Gasteiger partial charge in [-0.2, -0.15) is 0 Å². The van der Waals surface area contributed by atoms with E-state index in [0.717, 1.165) is 11.4 Å². The summed E-state index contributed by atoms with van der Waals surface area (Å²) in [4.78, 5) is 4.31. The highest BCUT2D eigenvalue weighted by atomic mass is 32.1. The zero-order valence-electron chi connectivity index (χ0n) is 10.5. The minimum absolute atomic E-state index is 0.256. The molecule has 0 aliphatic carbocycles. The van der Waals surface area contributed by atoms with Crippen LogP contribution in [0, 0.1) is 0 Å². The number of nitrogens with zero attached hydrogens (tertiary/aromatic N) is 1. The zero-order valence-corrected chi connectivity index (χ0v) is 11.3. The first-order valence-corrected chi connectivity index (χ1v) is 6.85. The van der Waals surface area contributed by atoms with E-state index in [0.29, 0.717) is 5.92 Å².